The summed E-state index contributed by atoms with van der Waals surface area (Å²) in [4.78, 5) is 17.8. The molecule has 132 valence electrons. The molecule has 0 spiro atoms. The van der Waals surface area contributed by atoms with Crippen molar-refractivity contribution in [3.8, 4) is 0 Å². The Morgan fingerprint density at radius 2 is 1.85 bits per heavy atom. The van der Waals surface area contributed by atoms with Gasteiger partial charge in [0, 0.05) is 0 Å². The smallest absolute Gasteiger partial charge is 0.267 e. The number of alkyl halides is 3. The van der Waals surface area contributed by atoms with E-state index in [1.807, 2.05) is 26.0 Å². The highest BCUT2D eigenvalue weighted by Gasteiger charge is 2.32. The van der Waals surface area contributed by atoms with Gasteiger partial charge in [-0.15, -0.1) is 0 Å². The van der Waals surface area contributed by atoms with Gasteiger partial charge in [0.2, 0.25) is 0 Å². The molecular weight excluding hydrogens is 361 g/mol. The topological polar surface area (TPSA) is 34.4 Å². The number of hydrogen-bond donors (Lipinski definition) is 0. The van der Waals surface area contributed by atoms with Gasteiger partial charge >= 0.3 is 6.18 Å². The number of benzene rings is 2. The van der Waals surface area contributed by atoms with Gasteiger partial charge in [0.25, 0.3) is 5.56 Å². The second-order valence-corrected chi connectivity index (χ2v) is 7.11. The molecule has 2 heterocycles. The van der Waals surface area contributed by atoms with E-state index >= 15 is 0 Å². The molecule has 0 saturated carbocycles. The Labute approximate surface area is 150 Å². The summed E-state index contributed by atoms with van der Waals surface area (Å²) in [6.07, 6.45) is -3.19. The van der Waals surface area contributed by atoms with E-state index in [1.54, 1.807) is 0 Å². The van der Waals surface area contributed by atoms with Gasteiger partial charge in [0.15, 0.2) is 4.96 Å². The molecule has 26 heavy (non-hydrogen) atoms. The molecule has 0 fully saturated rings. The van der Waals surface area contributed by atoms with Crippen molar-refractivity contribution < 1.29 is 13.2 Å². The van der Waals surface area contributed by atoms with Crippen molar-refractivity contribution in [2.75, 3.05) is 0 Å². The van der Waals surface area contributed by atoms with E-state index in [1.165, 1.54) is 28.7 Å². The van der Waals surface area contributed by atoms with Crippen molar-refractivity contribution >= 4 is 33.4 Å². The maximum absolute atomic E-state index is 13.2. The van der Waals surface area contributed by atoms with Crippen LogP contribution in [0.15, 0.2) is 41.2 Å². The Morgan fingerprint density at radius 1 is 1.12 bits per heavy atom. The second kappa shape index (κ2) is 5.67. The predicted molar refractivity (Wildman–Crippen MR) is 96.5 cm³/mol. The first kappa shape index (κ1) is 16.8. The third-order valence-corrected chi connectivity index (χ3v) is 5.46. The number of hydrogen-bond acceptors (Lipinski definition) is 3. The predicted octanol–water partition coefficient (Wildman–Crippen LogP) is 4.09. The normalized spacial score (nSPS) is 13.2. The number of aromatic nitrogens is 2. The molecule has 0 aliphatic heterocycles. The van der Waals surface area contributed by atoms with Crippen molar-refractivity contribution in [2.24, 2.45) is 0 Å². The summed E-state index contributed by atoms with van der Waals surface area (Å²) < 4.78 is 41.2. The lowest BCUT2D eigenvalue weighted by molar-refractivity contribution is -0.137. The number of aryl methyl sites for hydroxylation is 2. The lowest BCUT2D eigenvalue weighted by atomic mass is 10.1. The van der Waals surface area contributed by atoms with Gasteiger partial charge in [0.05, 0.1) is 21.1 Å². The van der Waals surface area contributed by atoms with E-state index in [-0.39, 0.29) is 15.7 Å². The summed E-state index contributed by atoms with van der Waals surface area (Å²) in [6, 6.07) is 8.95. The van der Waals surface area contributed by atoms with Crippen LogP contribution in [-0.4, -0.2) is 9.38 Å². The van der Waals surface area contributed by atoms with Crippen molar-refractivity contribution in [1.29, 1.82) is 0 Å². The molecule has 0 radical (unpaired) electrons. The number of thiazole rings is 1. The fourth-order valence-corrected chi connectivity index (χ4v) is 3.96. The molecule has 0 aliphatic carbocycles. The third kappa shape index (κ3) is 2.50. The SMILES string of the molecule is Cc1ccc2c(nc3sc(=Cc4ccccc4C(F)(F)F)c(=O)n32)c1C. The molecule has 0 N–H and O–H groups in total. The zero-order valence-electron chi connectivity index (χ0n) is 13.9. The molecule has 0 bridgehead atoms. The highest BCUT2D eigenvalue weighted by molar-refractivity contribution is 7.15. The molecule has 4 aromatic rings. The molecule has 0 aliphatic rings. The Morgan fingerprint density at radius 3 is 2.58 bits per heavy atom. The van der Waals surface area contributed by atoms with Crippen molar-refractivity contribution in [3.05, 3.63) is 73.5 Å². The van der Waals surface area contributed by atoms with Gasteiger partial charge in [-0.25, -0.2) is 9.38 Å². The van der Waals surface area contributed by atoms with Crippen LogP contribution >= 0.6 is 11.3 Å². The quantitative estimate of drug-likeness (QED) is 0.503. The highest BCUT2D eigenvalue weighted by Crippen LogP contribution is 2.32. The van der Waals surface area contributed by atoms with E-state index in [0.717, 1.165) is 34.0 Å². The lowest BCUT2D eigenvalue weighted by Crippen LogP contribution is -2.23. The first-order valence-electron chi connectivity index (χ1n) is 7.86. The van der Waals surface area contributed by atoms with E-state index in [2.05, 4.69) is 4.98 Å². The molecule has 2 aromatic heterocycles. The minimum absolute atomic E-state index is 0.0297. The van der Waals surface area contributed by atoms with Gasteiger partial charge in [0.1, 0.15) is 0 Å². The monoisotopic (exact) mass is 374 g/mol. The highest BCUT2D eigenvalue weighted by atomic mass is 32.1. The number of halogens is 3. The Balaban J connectivity index is 2.01. The number of fused-ring (bicyclic) bond motifs is 3. The fourth-order valence-electron chi connectivity index (χ4n) is 2.99. The zero-order chi connectivity index (χ0) is 18.6. The standard InChI is InChI=1S/C19H13F3N2OS/c1-10-7-8-14-16(11(10)2)23-18-24(14)17(25)15(26-18)9-12-5-3-4-6-13(12)19(20,21)22/h3-9H,1-2H3. The van der Waals surface area contributed by atoms with Crippen LogP contribution in [0.4, 0.5) is 13.2 Å². The summed E-state index contributed by atoms with van der Waals surface area (Å²) in [5, 5.41) is 0. The van der Waals surface area contributed by atoms with E-state index in [4.69, 9.17) is 0 Å². The van der Waals surface area contributed by atoms with Crippen LogP contribution in [0.1, 0.15) is 22.3 Å². The van der Waals surface area contributed by atoms with Gasteiger partial charge < -0.3 is 0 Å². The Hall–Kier alpha value is -2.67. The molecule has 0 saturated heterocycles. The zero-order valence-corrected chi connectivity index (χ0v) is 14.7. The van der Waals surface area contributed by atoms with Crippen molar-refractivity contribution in [1.82, 2.24) is 9.38 Å². The van der Waals surface area contributed by atoms with Crippen LogP contribution in [0.25, 0.3) is 22.1 Å². The average molecular weight is 374 g/mol. The minimum Gasteiger partial charge on any atom is -0.267 e. The number of imidazole rings is 1. The van der Waals surface area contributed by atoms with Crippen LogP contribution < -0.4 is 10.1 Å². The van der Waals surface area contributed by atoms with E-state index in [0.29, 0.717) is 10.5 Å². The Kier molecular flexibility index (Phi) is 3.66. The number of nitrogens with zero attached hydrogens (tertiary/aromatic N) is 2. The van der Waals surface area contributed by atoms with Crippen LogP contribution in [-0.2, 0) is 6.18 Å². The summed E-state index contributed by atoms with van der Waals surface area (Å²) in [5.74, 6) is 0. The number of rotatable bonds is 1. The molecule has 0 atom stereocenters. The summed E-state index contributed by atoms with van der Waals surface area (Å²) >= 11 is 1.09. The first-order valence-corrected chi connectivity index (χ1v) is 8.68. The minimum atomic E-state index is -4.48. The first-order chi connectivity index (χ1) is 12.3. The molecule has 0 unspecified atom stereocenters. The van der Waals surface area contributed by atoms with Gasteiger partial charge in [-0.1, -0.05) is 35.6 Å². The fraction of sp³-hybridized carbons (Fsp3) is 0.158. The molecule has 0 amide bonds. The van der Waals surface area contributed by atoms with Gasteiger partial charge in [-0.05, 0) is 48.7 Å². The summed E-state index contributed by atoms with van der Waals surface area (Å²) in [6.45, 7) is 3.90. The van der Waals surface area contributed by atoms with Crippen molar-refractivity contribution in [3.63, 3.8) is 0 Å². The largest absolute Gasteiger partial charge is 0.416 e. The second-order valence-electron chi connectivity index (χ2n) is 6.11. The third-order valence-electron chi connectivity index (χ3n) is 4.49. The molecule has 3 nitrogen and oxygen atoms in total. The van der Waals surface area contributed by atoms with Crippen LogP contribution in [0.5, 0.6) is 0 Å². The van der Waals surface area contributed by atoms with Crippen LogP contribution in [0, 0.1) is 13.8 Å². The van der Waals surface area contributed by atoms with Crippen molar-refractivity contribution in [2.45, 2.75) is 20.0 Å². The molecule has 4 rings (SSSR count). The Bertz CT molecular complexity index is 1270. The van der Waals surface area contributed by atoms with E-state index in [9.17, 15) is 18.0 Å². The molecule has 2 aromatic carbocycles. The van der Waals surface area contributed by atoms with E-state index < -0.39 is 11.7 Å². The maximum atomic E-state index is 13.2. The van der Waals surface area contributed by atoms with Gasteiger partial charge in [-0.2, -0.15) is 13.2 Å². The maximum Gasteiger partial charge on any atom is 0.416 e. The van der Waals surface area contributed by atoms with Crippen LogP contribution in [0.2, 0.25) is 0 Å². The van der Waals surface area contributed by atoms with Gasteiger partial charge in [-0.3, -0.25) is 4.79 Å². The molecular formula is C19H13F3N2OS. The summed E-state index contributed by atoms with van der Waals surface area (Å²) in [5.41, 5.74) is 2.34. The summed E-state index contributed by atoms with van der Waals surface area (Å²) in [7, 11) is 0. The molecule has 7 heteroatoms. The van der Waals surface area contributed by atoms with Crippen LogP contribution in [0.3, 0.4) is 0 Å². The lowest BCUT2D eigenvalue weighted by Gasteiger charge is -2.09. The average Bonchev–Trinajstić information content (AvgIpc) is 3.08.